The van der Waals surface area contributed by atoms with Crippen molar-refractivity contribution in [2.45, 2.75) is 38.3 Å². The van der Waals surface area contributed by atoms with E-state index in [4.69, 9.17) is 22.1 Å². The van der Waals surface area contributed by atoms with Crippen LogP contribution in [0, 0.1) is 0 Å². The molecule has 0 bridgehead atoms. The molecule has 3 nitrogen and oxygen atoms in total. The lowest BCUT2D eigenvalue weighted by Crippen LogP contribution is -2.31. The maximum atomic E-state index is 6.12. The van der Waals surface area contributed by atoms with Crippen LogP contribution in [0.4, 0.5) is 5.69 Å². The predicted molar refractivity (Wildman–Crippen MR) is 81.0 cm³/mol. The number of halogens is 1. The molecule has 0 radical (unpaired) electrons. The Bertz CT molecular complexity index is 419. The molecule has 106 valence electrons. The molecule has 1 aliphatic carbocycles. The summed E-state index contributed by atoms with van der Waals surface area (Å²) in [4.78, 5) is 2.44. The summed E-state index contributed by atoms with van der Waals surface area (Å²) in [5.74, 6) is 0. The number of ether oxygens (including phenoxy) is 1. The molecule has 1 aromatic rings. The molecule has 0 aliphatic heterocycles. The van der Waals surface area contributed by atoms with Crippen LogP contribution in [0.15, 0.2) is 18.2 Å². The van der Waals surface area contributed by atoms with Crippen LogP contribution in [0.25, 0.3) is 0 Å². The lowest BCUT2D eigenvalue weighted by molar-refractivity contribution is 0.205. The van der Waals surface area contributed by atoms with Gasteiger partial charge in [0.25, 0.3) is 0 Å². The summed E-state index contributed by atoms with van der Waals surface area (Å²) in [5.41, 5.74) is 8.46. The first kappa shape index (κ1) is 14.6. The summed E-state index contributed by atoms with van der Waals surface area (Å²) < 4.78 is 5.22. The third kappa shape index (κ3) is 4.10. The molecule has 0 amide bonds. The van der Waals surface area contributed by atoms with Crippen LogP contribution in [-0.4, -0.2) is 32.3 Å². The van der Waals surface area contributed by atoms with Crippen molar-refractivity contribution in [2.75, 3.05) is 25.2 Å². The largest absolute Gasteiger partial charge is 0.383 e. The highest BCUT2D eigenvalue weighted by Crippen LogP contribution is 2.34. The highest BCUT2D eigenvalue weighted by Gasteiger charge is 2.30. The maximum absolute atomic E-state index is 6.12. The third-order valence-corrected chi connectivity index (χ3v) is 3.65. The fourth-order valence-electron chi connectivity index (χ4n) is 2.42. The smallest absolute Gasteiger partial charge is 0.0637 e. The van der Waals surface area contributed by atoms with E-state index in [9.17, 15) is 0 Å². The first-order chi connectivity index (χ1) is 9.11. The Hall–Kier alpha value is -0.770. The van der Waals surface area contributed by atoms with Gasteiger partial charge in [0.15, 0.2) is 0 Å². The van der Waals surface area contributed by atoms with Crippen LogP contribution in [0.1, 0.15) is 25.3 Å². The molecular weight excluding hydrogens is 260 g/mol. The number of nitrogens with two attached hydrogens (primary N) is 1. The summed E-state index contributed by atoms with van der Waals surface area (Å²) in [6.45, 7) is 3.70. The van der Waals surface area contributed by atoms with Crippen molar-refractivity contribution < 1.29 is 4.74 Å². The number of benzene rings is 1. The molecule has 2 rings (SSSR count). The number of hydrogen-bond acceptors (Lipinski definition) is 3. The van der Waals surface area contributed by atoms with E-state index in [1.165, 1.54) is 24.1 Å². The van der Waals surface area contributed by atoms with Crippen LogP contribution in [0.2, 0.25) is 5.02 Å². The van der Waals surface area contributed by atoms with E-state index in [0.717, 1.165) is 24.6 Å². The Balaban J connectivity index is 2.24. The first-order valence-electron chi connectivity index (χ1n) is 6.91. The van der Waals surface area contributed by atoms with Gasteiger partial charge in [0.1, 0.15) is 0 Å². The average molecular weight is 283 g/mol. The SMILES string of the molecule is COCCN(c1ccc(Cl)cc1CC(C)N)C1CC1. The van der Waals surface area contributed by atoms with Crippen molar-refractivity contribution in [3.05, 3.63) is 28.8 Å². The molecule has 0 saturated heterocycles. The van der Waals surface area contributed by atoms with Gasteiger partial charge in [-0.1, -0.05) is 11.6 Å². The molecule has 1 aliphatic rings. The monoisotopic (exact) mass is 282 g/mol. The van der Waals surface area contributed by atoms with E-state index in [1.54, 1.807) is 7.11 Å². The summed E-state index contributed by atoms with van der Waals surface area (Å²) in [6.07, 6.45) is 3.39. The Kier molecular flexibility index (Phi) is 5.08. The van der Waals surface area contributed by atoms with Crippen molar-refractivity contribution in [2.24, 2.45) is 5.73 Å². The predicted octanol–water partition coefficient (Wildman–Crippen LogP) is 2.84. The molecular formula is C15H23ClN2O. The standard InChI is InChI=1S/C15H23ClN2O/c1-11(17)9-12-10-13(16)3-6-15(12)18(7-8-19-2)14-4-5-14/h3,6,10-11,14H,4-5,7-9,17H2,1-2H3. The molecule has 1 atom stereocenters. The highest BCUT2D eigenvalue weighted by molar-refractivity contribution is 6.30. The molecule has 1 saturated carbocycles. The molecule has 1 fully saturated rings. The lowest BCUT2D eigenvalue weighted by atomic mass is 10.0. The van der Waals surface area contributed by atoms with E-state index >= 15 is 0 Å². The van der Waals surface area contributed by atoms with Gasteiger partial charge in [-0.25, -0.2) is 0 Å². The van der Waals surface area contributed by atoms with Crippen LogP contribution in [0.5, 0.6) is 0 Å². The Morgan fingerprint density at radius 2 is 2.21 bits per heavy atom. The van der Waals surface area contributed by atoms with Gasteiger partial charge in [-0.2, -0.15) is 0 Å². The molecule has 0 heterocycles. The van der Waals surface area contributed by atoms with E-state index in [0.29, 0.717) is 6.04 Å². The number of anilines is 1. The summed E-state index contributed by atoms with van der Waals surface area (Å²) in [7, 11) is 1.75. The Morgan fingerprint density at radius 1 is 1.47 bits per heavy atom. The number of rotatable bonds is 7. The molecule has 4 heteroatoms. The summed E-state index contributed by atoms with van der Waals surface area (Å²) in [6, 6.07) is 6.92. The molecule has 2 N–H and O–H groups in total. The normalized spacial score (nSPS) is 16.4. The maximum Gasteiger partial charge on any atom is 0.0637 e. The van der Waals surface area contributed by atoms with Crippen molar-refractivity contribution in [1.82, 2.24) is 0 Å². The number of nitrogens with zero attached hydrogens (tertiary/aromatic N) is 1. The van der Waals surface area contributed by atoms with Gasteiger partial charge < -0.3 is 15.4 Å². The van der Waals surface area contributed by atoms with Crippen LogP contribution in [-0.2, 0) is 11.2 Å². The van der Waals surface area contributed by atoms with Crippen LogP contribution < -0.4 is 10.6 Å². The summed E-state index contributed by atoms with van der Waals surface area (Å²) >= 11 is 6.12. The van der Waals surface area contributed by atoms with Crippen LogP contribution in [0.3, 0.4) is 0 Å². The fraction of sp³-hybridized carbons (Fsp3) is 0.600. The Morgan fingerprint density at radius 3 is 2.79 bits per heavy atom. The van der Waals surface area contributed by atoms with Gasteiger partial charge in [0, 0.05) is 36.4 Å². The second kappa shape index (κ2) is 6.60. The minimum atomic E-state index is 0.140. The van der Waals surface area contributed by atoms with Gasteiger partial charge >= 0.3 is 0 Å². The van der Waals surface area contributed by atoms with Crippen molar-refractivity contribution in [1.29, 1.82) is 0 Å². The number of methoxy groups -OCH3 is 1. The quantitative estimate of drug-likeness (QED) is 0.836. The minimum absolute atomic E-state index is 0.140. The zero-order valence-corrected chi connectivity index (χ0v) is 12.5. The van der Waals surface area contributed by atoms with E-state index in [-0.39, 0.29) is 6.04 Å². The third-order valence-electron chi connectivity index (χ3n) is 3.42. The first-order valence-corrected chi connectivity index (χ1v) is 7.29. The van der Waals surface area contributed by atoms with E-state index in [2.05, 4.69) is 11.0 Å². The zero-order chi connectivity index (χ0) is 13.8. The number of hydrogen-bond donors (Lipinski definition) is 1. The molecule has 19 heavy (non-hydrogen) atoms. The molecule has 1 aromatic carbocycles. The van der Waals surface area contributed by atoms with Crippen molar-refractivity contribution in [3.8, 4) is 0 Å². The van der Waals surface area contributed by atoms with Gasteiger partial charge in [-0.15, -0.1) is 0 Å². The van der Waals surface area contributed by atoms with Gasteiger partial charge in [0.05, 0.1) is 6.61 Å². The summed E-state index contributed by atoms with van der Waals surface area (Å²) in [5, 5.41) is 0.780. The second-order valence-corrected chi connectivity index (χ2v) is 5.81. The second-order valence-electron chi connectivity index (χ2n) is 5.37. The molecule has 0 aromatic heterocycles. The Labute approximate surface area is 120 Å². The topological polar surface area (TPSA) is 38.5 Å². The van der Waals surface area contributed by atoms with Crippen LogP contribution >= 0.6 is 11.6 Å². The van der Waals surface area contributed by atoms with Gasteiger partial charge in [-0.3, -0.25) is 0 Å². The van der Waals surface area contributed by atoms with E-state index < -0.39 is 0 Å². The lowest BCUT2D eigenvalue weighted by Gasteiger charge is -2.27. The van der Waals surface area contributed by atoms with Gasteiger partial charge in [-0.05, 0) is 49.9 Å². The van der Waals surface area contributed by atoms with E-state index in [1.807, 2.05) is 19.1 Å². The highest BCUT2D eigenvalue weighted by atomic mass is 35.5. The van der Waals surface area contributed by atoms with Crippen molar-refractivity contribution >= 4 is 17.3 Å². The fourth-order valence-corrected chi connectivity index (χ4v) is 2.61. The zero-order valence-electron chi connectivity index (χ0n) is 11.7. The van der Waals surface area contributed by atoms with Gasteiger partial charge in [0.2, 0.25) is 0 Å². The molecule has 0 spiro atoms. The average Bonchev–Trinajstić information content (AvgIpc) is 3.15. The molecule has 1 unspecified atom stereocenters. The minimum Gasteiger partial charge on any atom is -0.383 e. The van der Waals surface area contributed by atoms with Crippen molar-refractivity contribution in [3.63, 3.8) is 0 Å².